The van der Waals surface area contributed by atoms with Gasteiger partial charge >= 0.3 is 0 Å². The summed E-state index contributed by atoms with van der Waals surface area (Å²) in [5, 5.41) is 15.0. The molecule has 0 aliphatic carbocycles. The van der Waals surface area contributed by atoms with Gasteiger partial charge in [-0.2, -0.15) is 0 Å². The van der Waals surface area contributed by atoms with Crippen LogP contribution in [0.1, 0.15) is 31.4 Å². The Bertz CT molecular complexity index is 1650. The van der Waals surface area contributed by atoms with E-state index in [-0.39, 0.29) is 51.6 Å². The van der Waals surface area contributed by atoms with Gasteiger partial charge in [-0.1, -0.05) is 53.9 Å². The van der Waals surface area contributed by atoms with Crippen LogP contribution < -0.4 is 14.4 Å². The molecule has 3 aromatic carbocycles. The molecule has 0 bridgehead atoms. The number of methoxy groups -OCH3 is 1. The highest BCUT2D eigenvalue weighted by Gasteiger charge is 2.36. The van der Waals surface area contributed by atoms with Crippen molar-refractivity contribution in [3.05, 3.63) is 90.9 Å². The normalized spacial score (nSPS) is 11.9. The lowest BCUT2D eigenvalue weighted by atomic mass is 10.1. The van der Waals surface area contributed by atoms with Crippen molar-refractivity contribution in [2.24, 2.45) is 0 Å². The lowest BCUT2D eigenvalue weighted by molar-refractivity contribution is -0.385. The zero-order valence-corrected chi connectivity index (χ0v) is 27.4. The summed E-state index contributed by atoms with van der Waals surface area (Å²) in [4.78, 5) is 39.1. The number of amides is 2. The number of carbonyl (C=O) groups is 2. The van der Waals surface area contributed by atoms with Crippen molar-refractivity contribution in [1.82, 2.24) is 10.2 Å². The SMILES string of the molecule is CCNC(=O)[C@H](CC)N(Cc1c(Cl)cccc1Cl)C(=O)CN(c1cc(Cl)ccc1OC)S(=O)(=O)c1ccc(C)c([N+](=O)[O-])c1. The summed E-state index contributed by atoms with van der Waals surface area (Å²) in [7, 11) is -3.36. The van der Waals surface area contributed by atoms with E-state index in [9.17, 15) is 28.1 Å². The summed E-state index contributed by atoms with van der Waals surface area (Å²) in [5.41, 5.74) is 0.0781. The van der Waals surface area contributed by atoms with Gasteiger partial charge in [0.05, 0.1) is 22.6 Å². The van der Waals surface area contributed by atoms with Crippen molar-refractivity contribution in [3.8, 4) is 5.75 Å². The van der Waals surface area contributed by atoms with Gasteiger partial charge in [-0.05, 0) is 56.7 Å². The van der Waals surface area contributed by atoms with Gasteiger partial charge in [0.1, 0.15) is 18.3 Å². The van der Waals surface area contributed by atoms with E-state index in [0.29, 0.717) is 5.56 Å². The van der Waals surface area contributed by atoms with Gasteiger partial charge in [0.25, 0.3) is 15.7 Å². The standard InChI is InChI=1S/C29H31Cl3N4O7S/c1-5-24(29(38)33-6-2)34(16-21-22(31)8-7-9-23(21)32)28(37)17-35(26-14-19(30)11-13-27(26)43-4)44(41,42)20-12-10-18(3)25(15-20)36(39)40/h7-15,24H,5-6,16-17H2,1-4H3,(H,33,38)/t24-/m0/s1. The van der Waals surface area contributed by atoms with E-state index in [1.165, 1.54) is 49.3 Å². The minimum Gasteiger partial charge on any atom is -0.495 e. The predicted molar refractivity (Wildman–Crippen MR) is 170 cm³/mol. The topological polar surface area (TPSA) is 139 Å². The lowest BCUT2D eigenvalue weighted by Crippen LogP contribution is -2.52. The van der Waals surface area contributed by atoms with E-state index in [1.54, 1.807) is 32.0 Å². The van der Waals surface area contributed by atoms with Gasteiger partial charge in [0.15, 0.2) is 0 Å². The molecule has 0 saturated heterocycles. The Kier molecular flexibility index (Phi) is 11.8. The molecule has 1 atom stereocenters. The Morgan fingerprint density at radius 1 is 1.05 bits per heavy atom. The lowest BCUT2D eigenvalue weighted by Gasteiger charge is -2.33. The molecule has 0 saturated carbocycles. The first-order valence-electron chi connectivity index (χ1n) is 13.4. The number of benzene rings is 3. The van der Waals surface area contributed by atoms with Crippen LogP contribution in [0.25, 0.3) is 0 Å². The minimum absolute atomic E-state index is 0.0591. The Morgan fingerprint density at radius 2 is 1.70 bits per heavy atom. The van der Waals surface area contributed by atoms with Gasteiger partial charge in [0.2, 0.25) is 11.8 Å². The van der Waals surface area contributed by atoms with Crippen molar-refractivity contribution < 1.29 is 27.7 Å². The van der Waals surface area contributed by atoms with Crippen molar-refractivity contribution in [1.29, 1.82) is 0 Å². The van der Waals surface area contributed by atoms with Crippen LogP contribution in [0.4, 0.5) is 11.4 Å². The highest BCUT2D eigenvalue weighted by molar-refractivity contribution is 7.92. The molecule has 2 amide bonds. The Labute approximate surface area is 270 Å². The minimum atomic E-state index is -4.67. The third kappa shape index (κ3) is 7.73. The third-order valence-corrected chi connectivity index (χ3v) is 9.48. The second-order valence-corrected chi connectivity index (χ2v) is 12.7. The molecule has 0 aromatic heterocycles. The molecule has 15 heteroatoms. The number of sulfonamides is 1. The van der Waals surface area contributed by atoms with Crippen molar-refractivity contribution in [2.45, 2.75) is 44.7 Å². The Hall–Kier alpha value is -3.58. The van der Waals surface area contributed by atoms with Crippen LogP contribution in [0.15, 0.2) is 59.5 Å². The number of hydrogen-bond donors (Lipinski definition) is 1. The molecule has 0 spiro atoms. The molecule has 0 aliphatic heterocycles. The van der Waals surface area contributed by atoms with Gasteiger partial charge in [0, 0.05) is 45.4 Å². The van der Waals surface area contributed by atoms with E-state index in [0.717, 1.165) is 10.4 Å². The summed E-state index contributed by atoms with van der Waals surface area (Å²) < 4.78 is 34.6. The van der Waals surface area contributed by atoms with Crippen LogP contribution in [0.3, 0.4) is 0 Å². The van der Waals surface area contributed by atoms with Gasteiger partial charge in [-0.3, -0.25) is 24.0 Å². The van der Waals surface area contributed by atoms with Crippen LogP contribution in [-0.4, -0.2) is 56.3 Å². The molecule has 0 unspecified atom stereocenters. The number of halogens is 3. The first kappa shape index (κ1) is 34.9. The van der Waals surface area contributed by atoms with Crippen LogP contribution >= 0.6 is 34.8 Å². The molecule has 0 aliphatic rings. The molecule has 1 N–H and O–H groups in total. The van der Waals surface area contributed by atoms with E-state index in [2.05, 4.69) is 5.32 Å². The molecule has 0 radical (unpaired) electrons. The summed E-state index contributed by atoms with van der Waals surface area (Å²) in [6.07, 6.45) is 0.178. The molecular formula is C29H31Cl3N4O7S. The monoisotopic (exact) mass is 684 g/mol. The average Bonchev–Trinajstić information content (AvgIpc) is 2.97. The van der Waals surface area contributed by atoms with Gasteiger partial charge in [-0.25, -0.2) is 8.42 Å². The highest BCUT2D eigenvalue weighted by Crippen LogP contribution is 2.36. The Balaban J connectivity index is 2.23. The number of ether oxygens (including phenoxy) is 1. The number of nitro benzene ring substituents is 1. The molecule has 11 nitrogen and oxygen atoms in total. The number of carbonyl (C=O) groups excluding carboxylic acids is 2. The maximum absolute atomic E-state index is 14.2. The average molecular weight is 686 g/mol. The highest BCUT2D eigenvalue weighted by atomic mass is 35.5. The number of anilines is 1. The number of nitrogens with one attached hydrogen (secondary N) is 1. The zero-order valence-electron chi connectivity index (χ0n) is 24.3. The molecule has 0 fully saturated rings. The smallest absolute Gasteiger partial charge is 0.273 e. The Morgan fingerprint density at radius 3 is 2.27 bits per heavy atom. The largest absolute Gasteiger partial charge is 0.495 e. The molecule has 0 heterocycles. The van der Waals surface area contributed by atoms with E-state index < -0.39 is 49.9 Å². The molecule has 236 valence electrons. The number of nitro groups is 1. The number of aryl methyl sites for hydroxylation is 1. The predicted octanol–water partition coefficient (Wildman–Crippen LogP) is 6.01. The van der Waals surface area contributed by atoms with Crippen LogP contribution in [-0.2, 0) is 26.2 Å². The second-order valence-electron chi connectivity index (χ2n) is 9.57. The fourth-order valence-corrected chi connectivity index (χ4v) is 6.63. The summed E-state index contributed by atoms with van der Waals surface area (Å²) in [6.45, 7) is 4.13. The van der Waals surface area contributed by atoms with Gasteiger partial charge < -0.3 is 15.0 Å². The van der Waals surface area contributed by atoms with Crippen LogP contribution in [0.5, 0.6) is 5.75 Å². The van der Waals surface area contributed by atoms with Gasteiger partial charge in [-0.15, -0.1) is 0 Å². The number of hydrogen-bond acceptors (Lipinski definition) is 7. The summed E-state index contributed by atoms with van der Waals surface area (Å²) in [5.74, 6) is -1.19. The second kappa shape index (κ2) is 14.9. The molecular weight excluding hydrogens is 655 g/mol. The summed E-state index contributed by atoms with van der Waals surface area (Å²) >= 11 is 19.1. The maximum atomic E-state index is 14.2. The molecule has 3 aromatic rings. The quantitative estimate of drug-likeness (QED) is 0.172. The molecule has 44 heavy (non-hydrogen) atoms. The van der Waals surface area contributed by atoms with E-state index in [4.69, 9.17) is 39.5 Å². The number of likely N-dealkylation sites (N-methyl/N-ethyl adjacent to an activating group) is 1. The van der Waals surface area contributed by atoms with Crippen LogP contribution in [0.2, 0.25) is 15.1 Å². The van der Waals surface area contributed by atoms with Crippen molar-refractivity contribution in [2.75, 3.05) is 24.5 Å². The maximum Gasteiger partial charge on any atom is 0.273 e. The van der Waals surface area contributed by atoms with Crippen molar-refractivity contribution >= 4 is 68.0 Å². The first-order valence-corrected chi connectivity index (χ1v) is 16.0. The number of nitrogens with zero attached hydrogens (tertiary/aromatic N) is 3. The first-order chi connectivity index (χ1) is 20.8. The van der Waals surface area contributed by atoms with E-state index >= 15 is 0 Å². The fourth-order valence-electron chi connectivity index (χ4n) is 4.51. The fraction of sp³-hybridized carbons (Fsp3) is 0.310. The molecule has 3 rings (SSSR count). The third-order valence-electron chi connectivity index (χ3n) is 6.78. The zero-order chi connectivity index (χ0) is 32.8. The number of rotatable bonds is 13. The van der Waals surface area contributed by atoms with Crippen molar-refractivity contribution in [3.63, 3.8) is 0 Å². The van der Waals surface area contributed by atoms with E-state index in [1.807, 2.05) is 0 Å². The summed E-state index contributed by atoms with van der Waals surface area (Å²) in [6, 6.07) is 11.4. The van der Waals surface area contributed by atoms with Crippen LogP contribution in [0, 0.1) is 17.0 Å².